The van der Waals surface area contributed by atoms with E-state index in [2.05, 4.69) is 56.3 Å². The summed E-state index contributed by atoms with van der Waals surface area (Å²) >= 11 is 0. The van der Waals surface area contributed by atoms with Crippen molar-refractivity contribution in [2.75, 3.05) is 19.6 Å². The monoisotopic (exact) mass is 256 g/mol. The zero-order valence-electron chi connectivity index (χ0n) is 11.1. The van der Waals surface area contributed by atoms with Crippen molar-refractivity contribution in [1.29, 1.82) is 0 Å². The number of rotatable bonds is 5. The number of benzene rings is 1. The fourth-order valence-corrected chi connectivity index (χ4v) is 2.48. The molecule has 1 N–H and O–H groups in total. The van der Waals surface area contributed by atoms with Crippen LogP contribution in [0.2, 0.25) is 0 Å². The Balaban J connectivity index is 1.40. The standard InChI is InChI=1S/C15H20N4/c1-2-4-14(5-3-1)12-16-6-8-18-10-11-19-9-7-17-15(19)13-18/h1-5,7,9,16H,6,8,10-13H2. The van der Waals surface area contributed by atoms with Crippen LogP contribution in [0.15, 0.2) is 42.7 Å². The first-order chi connectivity index (χ1) is 9.42. The van der Waals surface area contributed by atoms with Crippen molar-refractivity contribution in [3.63, 3.8) is 0 Å². The molecule has 19 heavy (non-hydrogen) atoms. The Morgan fingerprint density at radius 3 is 2.95 bits per heavy atom. The minimum Gasteiger partial charge on any atom is -0.333 e. The van der Waals surface area contributed by atoms with Gasteiger partial charge in [-0.3, -0.25) is 4.90 Å². The van der Waals surface area contributed by atoms with Crippen molar-refractivity contribution in [1.82, 2.24) is 19.8 Å². The summed E-state index contributed by atoms with van der Waals surface area (Å²) in [6, 6.07) is 10.5. The average Bonchev–Trinajstić information content (AvgIpc) is 2.92. The van der Waals surface area contributed by atoms with E-state index in [4.69, 9.17) is 0 Å². The topological polar surface area (TPSA) is 33.1 Å². The molecule has 0 saturated carbocycles. The van der Waals surface area contributed by atoms with Crippen LogP contribution in [-0.2, 0) is 19.6 Å². The second-order valence-electron chi connectivity index (χ2n) is 4.98. The molecule has 0 unspecified atom stereocenters. The van der Waals surface area contributed by atoms with Gasteiger partial charge in [0.05, 0.1) is 6.54 Å². The summed E-state index contributed by atoms with van der Waals surface area (Å²) in [4.78, 5) is 6.84. The number of hydrogen-bond acceptors (Lipinski definition) is 3. The Morgan fingerprint density at radius 1 is 1.16 bits per heavy atom. The van der Waals surface area contributed by atoms with Gasteiger partial charge in [0.2, 0.25) is 0 Å². The van der Waals surface area contributed by atoms with Crippen molar-refractivity contribution in [2.24, 2.45) is 0 Å². The highest BCUT2D eigenvalue weighted by molar-refractivity contribution is 5.14. The zero-order valence-corrected chi connectivity index (χ0v) is 11.1. The summed E-state index contributed by atoms with van der Waals surface area (Å²) in [6.45, 7) is 6.21. The predicted molar refractivity (Wildman–Crippen MR) is 75.7 cm³/mol. The lowest BCUT2D eigenvalue weighted by Gasteiger charge is -2.27. The lowest BCUT2D eigenvalue weighted by atomic mass is 10.2. The highest BCUT2D eigenvalue weighted by Crippen LogP contribution is 2.09. The second kappa shape index (κ2) is 5.99. The molecule has 1 aromatic carbocycles. The van der Waals surface area contributed by atoms with Gasteiger partial charge in [-0.25, -0.2) is 4.98 Å². The van der Waals surface area contributed by atoms with Gasteiger partial charge in [0.25, 0.3) is 0 Å². The molecule has 4 nitrogen and oxygen atoms in total. The molecule has 0 bridgehead atoms. The van der Waals surface area contributed by atoms with Crippen molar-refractivity contribution in [3.05, 3.63) is 54.1 Å². The third-order valence-corrected chi connectivity index (χ3v) is 3.60. The first kappa shape index (κ1) is 12.4. The maximum Gasteiger partial charge on any atom is 0.122 e. The molecule has 0 aliphatic carbocycles. The second-order valence-corrected chi connectivity index (χ2v) is 4.98. The third-order valence-electron chi connectivity index (χ3n) is 3.60. The van der Waals surface area contributed by atoms with Gasteiger partial charge in [-0.05, 0) is 5.56 Å². The Labute approximate surface area is 114 Å². The summed E-state index contributed by atoms with van der Waals surface area (Å²) in [5.74, 6) is 1.19. The summed E-state index contributed by atoms with van der Waals surface area (Å²) in [5, 5.41) is 3.50. The summed E-state index contributed by atoms with van der Waals surface area (Å²) < 4.78 is 2.24. The van der Waals surface area contributed by atoms with Crippen molar-refractivity contribution < 1.29 is 0 Å². The van der Waals surface area contributed by atoms with E-state index in [-0.39, 0.29) is 0 Å². The molecular formula is C15H20N4. The van der Waals surface area contributed by atoms with Crippen LogP contribution in [0, 0.1) is 0 Å². The first-order valence-corrected chi connectivity index (χ1v) is 6.89. The van der Waals surface area contributed by atoms with Crippen LogP contribution in [0.5, 0.6) is 0 Å². The van der Waals surface area contributed by atoms with Gasteiger partial charge in [0.15, 0.2) is 0 Å². The van der Waals surface area contributed by atoms with E-state index in [1.807, 2.05) is 6.20 Å². The molecule has 1 aliphatic heterocycles. The summed E-state index contributed by atoms with van der Waals surface area (Å²) in [6.07, 6.45) is 3.97. The smallest absolute Gasteiger partial charge is 0.122 e. The summed E-state index contributed by atoms with van der Waals surface area (Å²) in [7, 11) is 0. The van der Waals surface area contributed by atoms with E-state index in [9.17, 15) is 0 Å². The minimum absolute atomic E-state index is 0.948. The highest BCUT2D eigenvalue weighted by Gasteiger charge is 2.15. The van der Waals surface area contributed by atoms with Crippen LogP contribution in [-0.4, -0.2) is 34.1 Å². The Morgan fingerprint density at radius 2 is 2.05 bits per heavy atom. The van der Waals surface area contributed by atoms with Gasteiger partial charge in [0.1, 0.15) is 5.82 Å². The summed E-state index contributed by atoms with van der Waals surface area (Å²) in [5.41, 5.74) is 1.34. The molecule has 1 aromatic heterocycles. The van der Waals surface area contributed by atoms with Crippen LogP contribution in [0.1, 0.15) is 11.4 Å². The average molecular weight is 256 g/mol. The zero-order chi connectivity index (χ0) is 12.9. The molecule has 0 radical (unpaired) electrons. The lowest BCUT2D eigenvalue weighted by molar-refractivity contribution is 0.217. The number of nitrogens with zero attached hydrogens (tertiary/aromatic N) is 3. The molecule has 0 amide bonds. The number of aromatic nitrogens is 2. The predicted octanol–water partition coefficient (Wildman–Crippen LogP) is 1.49. The van der Waals surface area contributed by atoms with Gasteiger partial charge < -0.3 is 9.88 Å². The third kappa shape index (κ3) is 3.22. The van der Waals surface area contributed by atoms with Gasteiger partial charge in [-0.1, -0.05) is 30.3 Å². The molecule has 0 atom stereocenters. The fraction of sp³-hybridized carbons (Fsp3) is 0.400. The maximum atomic E-state index is 4.38. The Bertz CT molecular complexity index is 506. The van der Waals surface area contributed by atoms with Gasteiger partial charge in [-0.15, -0.1) is 0 Å². The molecule has 0 spiro atoms. The van der Waals surface area contributed by atoms with Crippen LogP contribution < -0.4 is 5.32 Å². The van der Waals surface area contributed by atoms with Crippen molar-refractivity contribution in [3.8, 4) is 0 Å². The van der Waals surface area contributed by atoms with Gasteiger partial charge >= 0.3 is 0 Å². The molecule has 0 saturated heterocycles. The number of imidazole rings is 1. The molecule has 1 aliphatic rings. The van der Waals surface area contributed by atoms with Crippen molar-refractivity contribution >= 4 is 0 Å². The maximum absolute atomic E-state index is 4.38. The first-order valence-electron chi connectivity index (χ1n) is 6.89. The molecule has 3 rings (SSSR count). The molecule has 2 heterocycles. The van der Waals surface area contributed by atoms with Gasteiger partial charge in [-0.2, -0.15) is 0 Å². The van der Waals surface area contributed by atoms with E-state index in [0.29, 0.717) is 0 Å². The van der Waals surface area contributed by atoms with E-state index < -0.39 is 0 Å². The number of hydrogen-bond donors (Lipinski definition) is 1. The molecule has 4 heteroatoms. The van der Waals surface area contributed by atoms with E-state index >= 15 is 0 Å². The van der Waals surface area contributed by atoms with Gasteiger partial charge in [0, 0.05) is 45.1 Å². The van der Waals surface area contributed by atoms with Crippen LogP contribution >= 0.6 is 0 Å². The quantitative estimate of drug-likeness (QED) is 0.823. The van der Waals surface area contributed by atoms with E-state index in [1.165, 1.54) is 11.4 Å². The molecule has 2 aromatic rings. The fourth-order valence-electron chi connectivity index (χ4n) is 2.48. The SMILES string of the molecule is c1ccc(CNCCN2CCn3ccnc3C2)cc1. The number of nitrogens with one attached hydrogen (secondary N) is 1. The minimum atomic E-state index is 0.948. The van der Waals surface area contributed by atoms with E-state index in [1.54, 1.807) is 0 Å². The number of fused-ring (bicyclic) bond motifs is 1. The van der Waals surface area contributed by atoms with Crippen molar-refractivity contribution in [2.45, 2.75) is 19.6 Å². The highest BCUT2D eigenvalue weighted by atomic mass is 15.2. The van der Waals surface area contributed by atoms with Crippen LogP contribution in [0.25, 0.3) is 0 Å². The Kier molecular flexibility index (Phi) is 3.91. The van der Waals surface area contributed by atoms with E-state index in [0.717, 1.165) is 39.3 Å². The lowest BCUT2D eigenvalue weighted by Crippen LogP contribution is -2.38. The largest absolute Gasteiger partial charge is 0.333 e. The Hall–Kier alpha value is -1.65. The molecule has 100 valence electrons. The van der Waals surface area contributed by atoms with Crippen LogP contribution in [0.4, 0.5) is 0 Å². The molecule has 0 fully saturated rings. The molecular weight excluding hydrogens is 236 g/mol. The van der Waals surface area contributed by atoms with Crippen LogP contribution in [0.3, 0.4) is 0 Å². The normalized spacial score (nSPS) is 15.4.